The SMILES string of the molecule is CC.Cc1cc2c(n1C)CCNC2=O. The molecule has 3 heteroatoms. The average molecular weight is 194 g/mol. The van der Waals surface area contributed by atoms with E-state index in [-0.39, 0.29) is 5.91 Å². The van der Waals surface area contributed by atoms with Crippen molar-refractivity contribution in [3.8, 4) is 0 Å². The molecule has 1 N–H and O–H groups in total. The lowest BCUT2D eigenvalue weighted by Crippen LogP contribution is -2.31. The second-order valence-corrected chi connectivity index (χ2v) is 3.21. The zero-order valence-corrected chi connectivity index (χ0v) is 9.35. The highest BCUT2D eigenvalue weighted by Crippen LogP contribution is 2.17. The summed E-state index contributed by atoms with van der Waals surface area (Å²) >= 11 is 0. The summed E-state index contributed by atoms with van der Waals surface area (Å²) in [5.74, 6) is 0.0694. The fourth-order valence-electron chi connectivity index (χ4n) is 1.67. The second kappa shape index (κ2) is 4.31. The molecule has 1 aromatic rings. The summed E-state index contributed by atoms with van der Waals surface area (Å²) in [6, 6.07) is 1.95. The third kappa shape index (κ3) is 1.67. The fourth-order valence-corrected chi connectivity index (χ4v) is 1.67. The number of aryl methyl sites for hydroxylation is 1. The van der Waals surface area contributed by atoms with Crippen molar-refractivity contribution in [3.05, 3.63) is 23.0 Å². The molecule has 1 aliphatic heterocycles. The van der Waals surface area contributed by atoms with Crippen LogP contribution in [-0.4, -0.2) is 17.0 Å². The zero-order chi connectivity index (χ0) is 10.7. The minimum absolute atomic E-state index is 0.0694. The molecule has 3 nitrogen and oxygen atoms in total. The van der Waals surface area contributed by atoms with E-state index in [2.05, 4.69) is 9.88 Å². The molecule has 0 bridgehead atoms. The molecule has 0 aromatic carbocycles. The molecule has 0 unspecified atom stereocenters. The van der Waals surface area contributed by atoms with E-state index in [1.807, 2.05) is 33.9 Å². The quantitative estimate of drug-likeness (QED) is 0.669. The van der Waals surface area contributed by atoms with Crippen molar-refractivity contribution >= 4 is 5.91 Å². The molecule has 2 rings (SSSR count). The molecule has 0 fully saturated rings. The first-order valence-corrected chi connectivity index (χ1v) is 5.13. The number of nitrogens with one attached hydrogen (secondary N) is 1. The van der Waals surface area contributed by atoms with Gasteiger partial charge in [-0.05, 0) is 13.0 Å². The fraction of sp³-hybridized carbons (Fsp3) is 0.545. The molecule has 2 heterocycles. The summed E-state index contributed by atoms with van der Waals surface area (Å²) in [5, 5.41) is 2.83. The Balaban J connectivity index is 0.000000461. The predicted molar refractivity (Wildman–Crippen MR) is 57.5 cm³/mol. The number of carbonyl (C=O) groups is 1. The summed E-state index contributed by atoms with van der Waals surface area (Å²) < 4.78 is 2.09. The Labute approximate surface area is 85.1 Å². The molecular weight excluding hydrogens is 176 g/mol. The van der Waals surface area contributed by atoms with Crippen LogP contribution in [0, 0.1) is 6.92 Å². The van der Waals surface area contributed by atoms with Crippen LogP contribution in [0.25, 0.3) is 0 Å². The topological polar surface area (TPSA) is 34.0 Å². The second-order valence-electron chi connectivity index (χ2n) is 3.21. The van der Waals surface area contributed by atoms with Crippen LogP contribution in [0.15, 0.2) is 6.07 Å². The maximum atomic E-state index is 11.3. The predicted octanol–water partition coefficient (Wildman–Crippen LogP) is 1.65. The number of hydrogen-bond donors (Lipinski definition) is 1. The summed E-state index contributed by atoms with van der Waals surface area (Å²) in [4.78, 5) is 11.3. The van der Waals surface area contributed by atoms with Crippen LogP contribution in [0.1, 0.15) is 35.6 Å². The molecule has 14 heavy (non-hydrogen) atoms. The summed E-state index contributed by atoms with van der Waals surface area (Å²) in [7, 11) is 2.01. The Hall–Kier alpha value is -1.25. The Morgan fingerprint density at radius 1 is 1.43 bits per heavy atom. The molecule has 1 aliphatic rings. The van der Waals surface area contributed by atoms with E-state index in [0.29, 0.717) is 0 Å². The highest BCUT2D eigenvalue weighted by Gasteiger charge is 2.20. The van der Waals surface area contributed by atoms with Crippen molar-refractivity contribution in [2.24, 2.45) is 7.05 Å². The molecule has 0 radical (unpaired) electrons. The summed E-state index contributed by atoms with van der Waals surface area (Å²) in [5.41, 5.74) is 3.16. The lowest BCUT2D eigenvalue weighted by molar-refractivity contribution is 0.0945. The van der Waals surface area contributed by atoms with Crippen LogP contribution in [0.5, 0.6) is 0 Å². The van der Waals surface area contributed by atoms with Crippen molar-refractivity contribution in [2.75, 3.05) is 6.54 Å². The van der Waals surface area contributed by atoms with Gasteiger partial charge in [0.15, 0.2) is 0 Å². The molecule has 78 valence electrons. The van der Waals surface area contributed by atoms with E-state index in [1.54, 1.807) is 0 Å². The minimum Gasteiger partial charge on any atom is -0.352 e. The number of nitrogens with zero attached hydrogens (tertiary/aromatic N) is 1. The first-order valence-electron chi connectivity index (χ1n) is 5.13. The largest absolute Gasteiger partial charge is 0.352 e. The lowest BCUT2D eigenvalue weighted by atomic mass is 10.1. The van der Waals surface area contributed by atoms with Gasteiger partial charge in [-0.3, -0.25) is 4.79 Å². The minimum atomic E-state index is 0.0694. The van der Waals surface area contributed by atoms with Crippen molar-refractivity contribution in [1.29, 1.82) is 0 Å². The molecule has 0 saturated heterocycles. The Kier molecular flexibility index (Phi) is 3.33. The normalized spacial score (nSPS) is 13.9. The standard InChI is InChI=1S/C9H12N2O.C2H6/c1-6-5-7-8(11(6)2)3-4-10-9(7)12;1-2/h5H,3-4H2,1-2H3,(H,10,12);1-2H3. The van der Waals surface area contributed by atoms with Gasteiger partial charge in [0.2, 0.25) is 0 Å². The van der Waals surface area contributed by atoms with Crippen LogP contribution >= 0.6 is 0 Å². The first kappa shape index (κ1) is 10.8. The molecule has 0 spiro atoms. The van der Waals surface area contributed by atoms with Gasteiger partial charge in [0, 0.05) is 31.4 Å². The lowest BCUT2D eigenvalue weighted by Gasteiger charge is -2.14. The monoisotopic (exact) mass is 194 g/mol. The van der Waals surface area contributed by atoms with Gasteiger partial charge in [-0.25, -0.2) is 0 Å². The number of fused-ring (bicyclic) bond motifs is 1. The maximum Gasteiger partial charge on any atom is 0.253 e. The van der Waals surface area contributed by atoms with Gasteiger partial charge in [-0.2, -0.15) is 0 Å². The molecule has 1 amide bonds. The van der Waals surface area contributed by atoms with Gasteiger partial charge in [0.05, 0.1) is 5.56 Å². The number of rotatable bonds is 0. The van der Waals surface area contributed by atoms with Gasteiger partial charge in [0.25, 0.3) is 5.91 Å². The number of hydrogen-bond acceptors (Lipinski definition) is 1. The molecular formula is C11H18N2O. The van der Waals surface area contributed by atoms with E-state index >= 15 is 0 Å². The van der Waals surface area contributed by atoms with Crippen LogP contribution in [0.3, 0.4) is 0 Å². The Morgan fingerprint density at radius 2 is 2.07 bits per heavy atom. The van der Waals surface area contributed by atoms with Gasteiger partial charge in [-0.15, -0.1) is 0 Å². The zero-order valence-electron chi connectivity index (χ0n) is 9.35. The summed E-state index contributed by atoms with van der Waals surface area (Å²) in [6.07, 6.45) is 0.950. The average Bonchev–Trinajstić information content (AvgIpc) is 2.50. The van der Waals surface area contributed by atoms with E-state index in [0.717, 1.165) is 29.9 Å². The van der Waals surface area contributed by atoms with Crippen LogP contribution < -0.4 is 5.32 Å². The van der Waals surface area contributed by atoms with Crippen molar-refractivity contribution in [1.82, 2.24) is 9.88 Å². The van der Waals surface area contributed by atoms with Crippen molar-refractivity contribution in [3.63, 3.8) is 0 Å². The van der Waals surface area contributed by atoms with Crippen LogP contribution in [-0.2, 0) is 13.5 Å². The molecule has 0 saturated carbocycles. The van der Waals surface area contributed by atoms with E-state index in [4.69, 9.17) is 0 Å². The Bertz CT molecular complexity index is 339. The van der Waals surface area contributed by atoms with E-state index in [9.17, 15) is 4.79 Å². The van der Waals surface area contributed by atoms with Gasteiger partial charge < -0.3 is 9.88 Å². The molecule has 1 aromatic heterocycles. The number of carbonyl (C=O) groups excluding carboxylic acids is 1. The van der Waals surface area contributed by atoms with Gasteiger partial charge >= 0.3 is 0 Å². The number of amides is 1. The Morgan fingerprint density at radius 3 is 2.64 bits per heavy atom. The third-order valence-electron chi connectivity index (χ3n) is 2.49. The van der Waals surface area contributed by atoms with Crippen molar-refractivity contribution in [2.45, 2.75) is 27.2 Å². The first-order chi connectivity index (χ1) is 6.70. The third-order valence-corrected chi connectivity index (χ3v) is 2.49. The number of aromatic nitrogens is 1. The maximum absolute atomic E-state index is 11.3. The smallest absolute Gasteiger partial charge is 0.253 e. The van der Waals surface area contributed by atoms with Crippen molar-refractivity contribution < 1.29 is 4.79 Å². The van der Waals surface area contributed by atoms with Crippen LogP contribution in [0.2, 0.25) is 0 Å². The van der Waals surface area contributed by atoms with Crippen LogP contribution in [0.4, 0.5) is 0 Å². The highest BCUT2D eigenvalue weighted by molar-refractivity contribution is 5.96. The van der Waals surface area contributed by atoms with Gasteiger partial charge in [-0.1, -0.05) is 13.8 Å². The molecule has 0 atom stereocenters. The van der Waals surface area contributed by atoms with E-state index < -0.39 is 0 Å². The van der Waals surface area contributed by atoms with Gasteiger partial charge in [0.1, 0.15) is 0 Å². The van der Waals surface area contributed by atoms with E-state index in [1.165, 1.54) is 0 Å². The molecule has 0 aliphatic carbocycles. The summed E-state index contributed by atoms with van der Waals surface area (Å²) in [6.45, 7) is 6.79. The highest BCUT2D eigenvalue weighted by atomic mass is 16.1.